The van der Waals surface area contributed by atoms with E-state index in [0.717, 1.165) is 6.20 Å². The summed E-state index contributed by atoms with van der Waals surface area (Å²) in [6.07, 6.45) is 1.14. The van der Waals surface area contributed by atoms with Crippen molar-refractivity contribution in [2.45, 2.75) is 0 Å². The number of nitrogens with one attached hydrogen (secondary N) is 2. The van der Waals surface area contributed by atoms with Crippen LogP contribution in [0.3, 0.4) is 0 Å². The first-order valence-corrected chi connectivity index (χ1v) is 5.59. The molecule has 0 aliphatic heterocycles. The van der Waals surface area contributed by atoms with E-state index < -0.39 is 10.8 Å². The highest BCUT2D eigenvalue weighted by molar-refractivity contribution is 6.07. The molecule has 8 nitrogen and oxygen atoms in total. The van der Waals surface area contributed by atoms with Crippen molar-refractivity contribution in [2.75, 3.05) is 18.5 Å². The number of nitrogens with zero attached hydrogens (tertiary/aromatic N) is 2. The predicted octanol–water partition coefficient (Wildman–Crippen LogP) is 0.523. The minimum absolute atomic E-state index is 0.00538. The van der Waals surface area contributed by atoms with Gasteiger partial charge in [0.2, 0.25) is 0 Å². The first-order valence-electron chi connectivity index (χ1n) is 5.59. The molecule has 3 N–H and O–H groups in total. The molecule has 0 aliphatic carbocycles. The molecule has 0 atom stereocenters. The molecule has 0 aliphatic rings. The molecule has 1 rings (SSSR count). The van der Waals surface area contributed by atoms with Crippen LogP contribution in [0.25, 0.3) is 0 Å². The lowest BCUT2D eigenvalue weighted by atomic mass is 10.2. The van der Waals surface area contributed by atoms with Gasteiger partial charge in [-0.25, -0.2) is 0 Å². The Balaban J connectivity index is 2.87. The number of benzene rings is 1. The lowest BCUT2D eigenvalue weighted by Gasteiger charge is -2.05. The Bertz CT molecular complexity index is 577. The van der Waals surface area contributed by atoms with Crippen molar-refractivity contribution in [2.24, 2.45) is 0 Å². The highest BCUT2D eigenvalue weighted by Crippen LogP contribution is 2.23. The van der Waals surface area contributed by atoms with Gasteiger partial charge in [0.05, 0.1) is 11.5 Å². The number of hydrogen-bond donors (Lipinski definition) is 3. The molecule has 0 radical (unpaired) electrons. The largest absolute Gasteiger partial charge is 0.395 e. The molecule has 1 aromatic rings. The van der Waals surface area contributed by atoms with Crippen LogP contribution in [-0.4, -0.2) is 29.1 Å². The molecule has 0 saturated carbocycles. The topological polar surface area (TPSA) is 128 Å². The number of carbonyl (C=O) groups excluding carboxylic acids is 1. The third-order valence-electron chi connectivity index (χ3n) is 2.22. The molecule has 0 heterocycles. The normalized spacial score (nSPS) is 10.5. The summed E-state index contributed by atoms with van der Waals surface area (Å²) >= 11 is 0. The van der Waals surface area contributed by atoms with E-state index in [1.54, 1.807) is 6.07 Å². The number of nitro groups is 1. The Labute approximate surface area is 114 Å². The minimum atomic E-state index is -0.771. The summed E-state index contributed by atoms with van der Waals surface area (Å²) in [7, 11) is 0. The van der Waals surface area contributed by atoms with Crippen LogP contribution in [0.2, 0.25) is 0 Å². The number of amides is 1. The van der Waals surface area contributed by atoms with Crippen LogP contribution < -0.4 is 10.6 Å². The molecule has 0 saturated heterocycles. The number of aliphatic hydroxyl groups is 1. The number of rotatable bonds is 6. The smallest absolute Gasteiger partial charge is 0.292 e. The monoisotopic (exact) mass is 276 g/mol. The Morgan fingerprint density at radius 1 is 1.50 bits per heavy atom. The average molecular weight is 276 g/mol. The highest BCUT2D eigenvalue weighted by Gasteiger charge is 2.16. The van der Waals surface area contributed by atoms with Gasteiger partial charge in [0.15, 0.2) is 0 Å². The van der Waals surface area contributed by atoms with E-state index in [1.165, 1.54) is 24.3 Å². The van der Waals surface area contributed by atoms with Gasteiger partial charge >= 0.3 is 0 Å². The predicted molar refractivity (Wildman–Crippen MR) is 70.5 cm³/mol. The maximum Gasteiger partial charge on any atom is 0.292 e. The number of carbonyl (C=O) groups is 1. The summed E-state index contributed by atoms with van der Waals surface area (Å²) < 4.78 is 0. The van der Waals surface area contributed by atoms with E-state index in [2.05, 4.69) is 10.6 Å². The Kier molecular flexibility index (Phi) is 5.68. The van der Waals surface area contributed by atoms with Crippen LogP contribution in [0.1, 0.15) is 0 Å². The fourth-order valence-electron chi connectivity index (χ4n) is 1.32. The third-order valence-corrected chi connectivity index (χ3v) is 2.22. The van der Waals surface area contributed by atoms with Gasteiger partial charge in [0.1, 0.15) is 17.3 Å². The fraction of sp³-hybridized carbons (Fsp3) is 0.167. The number of anilines is 1. The van der Waals surface area contributed by atoms with Gasteiger partial charge in [-0.05, 0) is 6.07 Å². The maximum atomic E-state index is 11.8. The quantitative estimate of drug-likeness (QED) is 0.228. The van der Waals surface area contributed by atoms with Crippen LogP contribution in [0.4, 0.5) is 11.4 Å². The lowest BCUT2D eigenvalue weighted by Crippen LogP contribution is -2.18. The zero-order valence-corrected chi connectivity index (χ0v) is 10.4. The summed E-state index contributed by atoms with van der Waals surface area (Å²) in [4.78, 5) is 21.9. The van der Waals surface area contributed by atoms with E-state index in [4.69, 9.17) is 10.4 Å². The number of nitriles is 1. The molecular formula is C12H12N4O4. The van der Waals surface area contributed by atoms with E-state index in [0.29, 0.717) is 0 Å². The second-order valence-electron chi connectivity index (χ2n) is 3.58. The summed E-state index contributed by atoms with van der Waals surface area (Å²) in [5.41, 5.74) is -0.510. The van der Waals surface area contributed by atoms with Crippen LogP contribution in [0.5, 0.6) is 0 Å². The highest BCUT2D eigenvalue weighted by atomic mass is 16.6. The molecule has 0 aromatic heterocycles. The summed E-state index contributed by atoms with van der Waals surface area (Å²) in [5, 5.41) is 33.1. The summed E-state index contributed by atoms with van der Waals surface area (Å²) in [6.45, 7) is 0.0327. The minimum Gasteiger partial charge on any atom is -0.395 e. The summed E-state index contributed by atoms with van der Waals surface area (Å²) in [5.74, 6) is -0.771. The van der Waals surface area contributed by atoms with Gasteiger partial charge in [0, 0.05) is 18.8 Å². The molecule has 0 bridgehead atoms. The fourth-order valence-corrected chi connectivity index (χ4v) is 1.32. The molecule has 20 heavy (non-hydrogen) atoms. The van der Waals surface area contributed by atoms with Gasteiger partial charge < -0.3 is 15.7 Å². The van der Waals surface area contributed by atoms with Gasteiger partial charge in [0.25, 0.3) is 11.6 Å². The zero-order chi connectivity index (χ0) is 15.0. The first-order chi connectivity index (χ1) is 9.60. The third kappa shape index (κ3) is 4.08. The van der Waals surface area contributed by atoms with Crippen LogP contribution in [0.15, 0.2) is 36.0 Å². The van der Waals surface area contributed by atoms with E-state index >= 15 is 0 Å². The molecular weight excluding hydrogens is 264 g/mol. The van der Waals surface area contributed by atoms with E-state index in [-0.39, 0.29) is 30.1 Å². The molecule has 1 aromatic carbocycles. The molecule has 8 heteroatoms. The van der Waals surface area contributed by atoms with Gasteiger partial charge in [-0.3, -0.25) is 14.9 Å². The number of hydrogen-bond acceptors (Lipinski definition) is 6. The van der Waals surface area contributed by atoms with Crippen LogP contribution in [0, 0.1) is 21.4 Å². The molecule has 104 valence electrons. The van der Waals surface area contributed by atoms with Crippen LogP contribution in [-0.2, 0) is 4.79 Å². The second kappa shape index (κ2) is 7.50. The second-order valence-corrected chi connectivity index (χ2v) is 3.58. The summed E-state index contributed by atoms with van der Waals surface area (Å²) in [6, 6.07) is 7.28. The van der Waals surface area contributed by atoms with Crippen molar-refractivity contribution in [1.29, 1.82) is 5.26 Å². The lowest BCUT2D eigenvalue weighted by molar-refractivity contribution is -0.383. The van der Waals surface area contributed by atoms with Crippen molar-refractivity contribution in [3.63, 3.8) is 0 Å². The Morgan fingerprint density at radius 2 is 2.20 bits per heavy atom. The van der Waals surface area contributed by atoms with Gasteiger partial charge in [-0.2, -0.15) is 5.26 Å². The number of para-hydroxylation sites is 2. The van der Waals surface area contributed by atoms with E-state index in [1.807, 2.05) is 0 Å². The Morgan fingerprint density at radius 3 is 2.80 bits per heavy atom. The Hall–Kier alpha value is -2.92. The van der Waals surface area contributed by atoms with Crippen LogP contribution >= 0.6 is 0 Å². The van der Waals surface area contributed by atoms with Gasteiger partial charge in [-0.1, -0.05) is 12.1 Å². The van der Waals surface area contributed by atoms with E-state index in [9.17, 15) is 14.9 Å². The van der Waals surface area contributed by atoms with Gasteiger partial charge in [-0.15, -0.1) is 0 Å². The van der Waals surface area contributed by atoms with Crippen molar-refractivity contribution >= 4 is 17.3 Å². The average Bonchev–Trinajstić information content (AvgIpc) is 2.44. The molecule has 0 fully saturated rings. The van der Waals surface area contributed by atoms with Crippen molar-refractivity contribution in [3.05, 3.63) is 46.2 Å². The number of nitro benzene ring substituents is 1. The number of aliphatic hydroxyl groups excluding tert-OH is 1. The van der Waals surface area contributed by atoms with Crippen molar-refractivity contribution < 1.29 is 14.8 Å². The van der Waals surface area contributed by atoms with Crippen molar-refractivity contribution in [1.82, 2.24) is 5.32 Å². The standard InChI is InChI=1S/C12H12N4O4/c13-7-9(8-14-5-6-17)12(18)15-10-3-1-2-4-11(10)16(19)20/h1-4,8,14,17H,5-6H2,(H,15,18)/b9-8-. The first kappa shape index (κ1) is 15.1. The maximum absolute atomic E-state index is 11.8. The molecule has 0 spiro atoms. The SMILES string of the molecule is N#C/C(=C/NCCO)C(=O)Nc1ccccc1[N+](=O)[O-]. The molecule has 1 amide bonds. The van der Waals surface area contributed by atoms with Crippen molar-refractivity contribution in [3.8, 4) is 6.07 Å². The zero-order valence-electron chi connectivity index (χ0n) is 10.4. The molecule has 0 unspecified atom stereocenters.